The highest BCUT2D eigenvalue weighted by atomic mass is 79.9. The number of amidine groups is 1. The average Bonchev–Trinajstić information content (AvgIpc) is 3.14. The number of carbonyl (C=O) groups is 2. The monoisotopic (exact) mass is 556 g/mol. The summed E-state index contributed by atoms with van der Waals surface area (Å²) in [6.07, 6.45) is 0.608. The number of likely N-dealkylation sites (tertiary alicyclic amines) is 1. The molecule has 0 amide bonds. The van der Waals surface area contributed by atoms with E-state index < -0.39 is 5.92 Å². The minimum atomic E-state index is -0.436. The lowest BCUT2D eigenvalue weighted by atomic mass is 9.78. The molecule has 0 bridgehead atoms. The number of esters is 1. The topological polar surface area (TPSA) is 79.2 Å². The van der Waals surface area contributed by atoms with Gasteiger partial charge in [-0.25, -0.2) is 0 Å². The number of rotatable bonds is 6. The number of carbonyl (C=O) groups excluding carboxylic acids is 2. The van der Waals surface area contributed by atoms with Gasteiger partial charge in [0.2, 0.25) is 0 Å². The number of nitrogens with zero attached hydrogens (tertiary/aromatic N) is 2. The molecule has 2 aromatic carbocycles. The van der Waals surface area contributed by atoms with Gasteiger partial charge in [0.05, 0.1) is 35.7 Å². The van der Waals surface area contributed by atoms with Crippen LogP contribution in [0.25, 0.3) is 0 Å². The quantitative estimate of drug-likeness (QED) is 0.357. The Labute approximate surface area is 223 Å². The van der Waals surface area contributed by atoms with E-state index in [1.165, 1.54) is 7.11 Å². The standard InChI is InChI=1S/C29H37BrN2O4/c1-28(2,3)22-14-19(15-23(25(22)34)29(4,5)6)24(33)17-32-16-21(27(35)36-7)20(26(32)31-30)13-18-11-9-8-10-12-18/h8-12,14-15,20-21,34H,13,16-17H2,1-7H3/t20-,21+/m1/s1. The number of aromatic hydroxyl groups is 1. The molecule has 36 heavy (non-hydrogen) atoms. The van der Waals surface area contributed by atoms with E-state index in [1.807, 2.05) is 76.8 Å². The largest absolute Gasteiger partial charge is 0.507 e. The summed E-state index contributed by atoms with van der Waals surface area (Å²) < 4.78 is 9.45. The molecule has 194 valence electrons. The second-order valence-corrected chi connectivity index (χ2v) is 11.9. The Morgan fingerprint density at radius 1 is 1.06 bits per heavy atom. The van der Waals surface area contributed by atoms with Crippen LogP contribution in [0.5, 0.6) is 5.75 Å². The summed E-state index contributed by atoms with van der Waals surface area (Å²) in [4.78, 5) is 28.2. The minimum absolute atomic E-state index is 0.0706. The number of benzene rings is 2. The normalized spacial score (nSPS) is 19.6. The van der Waals surface area contributed by atoms with Crippen molar-refractivity contribution in [3.63, 3.8) is 0 Å². The maximum atomic E-state index is 13.6. The number of ketones is 1. The summed E-state index contributed by atoms with van der Waals surface area (Å²) in [5.41, 5.74) is 2.42. The first-order chi connectivity index (χ1) is 16.8. The third-order valence-electron chi connectivity index (χ3n) is 6.83. The van der Waals surface area contributed by atoms with Crippen molar-refractivity contribution in [2.75, 3.05) is 20.2 Å². The van der Waals surface area contributed by atoms with Crippen LogP contribution in [0.3, 0.4) is 0 Å². The van der Waals surface area contributed by atoms with E-state index in [4.69, 9.17) is 4.74 Å². The molecule has 2 atom stereocenters. The van der Waals surface area contributed by atoms with Gasteiger partial charge >= 0.3 is 5.97 Å². The van der Waals surface area contributed by atoms with Crippen LogP contribution < -0.4 is 0 Å². The lowest BCUT2D eigenvalue weighted by molar-refractivity contribution is -0.146. The van der Waals surface area contributed by atoms with Gasteiger partial charge in [-0.1, -0.05) is 71.9 Å². The highest BCUT2D eigenvalue weighted by Gasteiger charge is 2.44. The van der Waals surface area contributed by atoms with Crippen molar-refractivity contribution < 1.29 is 19.4 Å². The summed E-state index contributed by atoms with van der Waals surface area (Å²) in [6.45, 7) is 12.5. The Balaban J connectivity index is 1.96. The van der Waals surface area contributed by atoms with Gasteiger partial charge in [-0.05, 0) is 34.9 Å². The van der Waals surface area contributed by atoms with Gasteiger partial charge < -0.3 is 14.7 Å². The molecule has 0 saturated carbocycles. The minimum Gasteiger partial charge on any atom is -0.507 e. The van der Waals surface area contributed by atoms with E-state index in [9.17, 15) is 14.7 Å². The third-order valence-corrected chi connectivity index (χ3v) is 7.19. The number of phenols is 1. The highest BCUT2D eigenvalue weighted by Crippen LogP contribution is 2.40. The average molecular weight is 558 g/mol. The van der Waals surface area contributed by atoms with E-state index in [2.05, 4.69) is 20.2 Å². The van der Waals surface area contributed by atoms with Gasteiger partial charge in [0, 0.05) is 29.2 Å². The zero-order valence-electron chi connectivity index (χ0n) is 22.3. The summed E-state index contributed by atoms with van der Waals surface area (Å²) in [7, 11) is 1.39. The first-order valence-corrected chi connectivity index (χ1v) is 13.0. The van der Waals surface area contributed by atoms with E-state index in [0.29, 0.717) is 24.4 Å². The molecule has 1 heterocycles. The van der Waals surface area contributed by atoms with Crippen molar-refractivity contribution in [1.82, 2.24) is 4.90 Å². The highest BCUT2D eigenvalue weighted by molar-refractivity contribution is 9.08. The molecule has 0 unspecified atom stereocenters. The lowest BCUT2D eigenvalue weighted by Gasteiger charge is -2.28. The van der Waals surface area contributed by atoms with Crippen LogP contribution in [-0.2, 0) is 26.8 Å². The van der Waals surface area contributed by atoms with Crippen LogP contribution in [0.2, 0.25) is 0 Å². The summed E-state index contributed by atoms with van der Waals surface area (Å²) in [5.74, 6) is -0.160. The van der Waals surface area contributed by atoms with Gasteiger partial charge in [-0.15, -0.1) is 0 Å². The number of hydrogen-bond donors (Lipinski definition) is 1. The fourth-order valence-corrected chi connectivity index (χ4v) is 5.32. The first kappa shape index (κ1) is 27.9. The molecule has 6 nitrogen and oxygen atoms in total. The summed E-state index contributed by atoms with van der Waals surface area (Å²) >= 11 is 3.25. The Kier molecular flexibility index (Phi) is 8.33. The molecular formula is C29H37BrN2O4. The molecule has 0 spiro atoms. The molecule has 0 radical (unpaired) electrons. The molecule has 2 aromatic rings. The first-order valence-electron chi connectivity index (χ1n) is 12.2. The predicted molar refractivity (Wildman–Crippen MR) is 147 cm³/mol. The molecule has 7 heteroatoms. The summed E-state index contributed by atoms with van der Waals surface area (Å²) in [6, 6.07) is 13.5. The van der Waals surface area contributed by atoms with Gasteiger partial charge in [0.25, 0.3) is 0 Å². The van der Waals surface area contributed by atoms with Gasteiger partial charge in [0.15, 0.2) is 5.78 Å². The second kappa shape index (κ2) is 10.8. The van der Waals surface area contributed by atoms with E-state index >= 15 is 0 Å². The van der Waals surface area contributed by atoms with Crippen molar-refractivity contribution in [1.29, 1.82) is 0 Å². The zero-order valence-corrected chi connectivity index (χ0v) is 23.8. The fourth-order valence-electron chi connectivity index (χ4n) is 4.83. The van der Waals surface area contributed by atoms with Gasteiger partial charge in [-0.3, -0.25) is 9.59 Å². The number of ether oxygens (including phenoxy) is 1. The second-order valence-electron chi connectivity index (χ2n) is 11.6. The lowest BCUT2D eigenvalue weighted by Crippen LogP contribution is -2.33. The number of Topliss-reactive ketones (excluding diaryl/α,β-unsaturated/α-hetero) is 1. The Morgan fingerprint density at radius 2 is 1.61 bits per heavy atom. The van der Waals surface area contributed by atoms with Crippen molar-refractivity contribution in [3.05, 3.63) is 64.7 Å². The Morgan fingerprint density at radius 3 is 2.08 bits per heavy atom. The van der Waals surface area contributed by atoms with Crippen LogP contribution in [0, 0.1) is 11.8 Å². The van der Waals surface area contributed by atoms with Crippen molar-refractivity contribution >= 4 is 33.7 Å². The van der Waals surface area contributed by atoms with Crippen LogP contribution in [0.15, 0.2) is 46.5 Å². The fraction of sp³-hybridized carbons (Fsp3) is 0.483. The van der Waals surface area contributed by atoms with Crippen LogP contribution in [0.4, 0.5) is 0 Å². The van der Waals surface area contributed by atoms with Crippen LogP contribution in [0.1, 0.15) is 68.6 Å². The van der Waals surface area contributed by atoms with E-state index in [-0.39, 0.29) is 40.8 Å². The van der Waals surface area contributed by atoms with Crippen LogP contribution >= 0.6 is 16.1 Å². The number of methoxy groups -OCH3 is 1. The van der Waals surface area contributed by atoms with Crippen molar-refractivity contribution in [2.45, 2.75) is 58.8 Å². The molecule has 0 aromatic heterocycles. The van der Waals surface area contributed by atoms with E-state index in [1.54, 1.807) is 12.1 Å². The number of halogens is 1. The molecule has 3 rings (SSSR count). The molecular weight excluding hydrogens is 520 g/mol. The van der Waals surface area contributed by atoms with Gasteiger partial charge in [-0.2, -0.15) is 4.02 Å². The molecule has 1 N–H and O–H groups in total. The molecule has 0 aliphatic carbocycles. The summed E-state index contributed by atoms with van der Waals surface area (Å²) in [5, 5.41) is 11.0. The maximum Gasteiger partial charge on any atom is 0.311 e. The Hall–Kier alpha value is -2.67. The molecule has 1 aliphatic heterocycles. The molecule has 1 aliphatic rings. The number of phenolic OH excluding ortho intramolecular Hbond substituents is 1. The number of hydrogen-bond acceptors (Lipinski definition) is 5. The Bertz CT molecular complexity index is 1110. The van der Waals surface area contributed by atoms with Crippen LogP contribution in [-0.4, -0.2) is 47.8 Å². The molecule has 1 fully saturated rings. The zero-order chi connectivity index (χ0) is 26.8. The SMILES string of the molecule is COC(=O)[C@H]1CN(CC(=O)c2cc(C(C)(C)C)c(O)c(C(C)(C)C)c2)C(=NBr)[C@@H]1Cc1ccccc1. The maximum absolute atomic E-state index is 13.6. The van der Waals surface area contributed by atoms with Gasteiger partial charge in [0.1, 0.15) is 11.6 Å². The van der Waals surface area contributed by atoms with Crippen molar-refractivity contribution in [2.24, 2.45) is 15.9 Å². The van der Waals surface area contributed by atoms with E-state index in [0.717, 1.165) is 16.7 Å². The van der Waals surface area contributed by atoms with Crippen molar-refractivity contribution in [3.8, 4) is 5.75 Å². The predicted octanol–water partition coefficient (Wildman–Crippen LogP) is 5.84. The smallest absolute Gasteiger partial charge is 0.311 e. The molecule has 1 saturated heterocycles. The third kappa shape index (κ3) is 6.00.